The molecule has 0 saturated carbocycles. The van der Waals surface area contributed by atoms with Gasteiger partial charge in [0, 0.05) is 0 Å². The first kappa shape index (κ1) is 16.9. The number of carboxylic acid groups (broad SMARTS) is 1. The number of methoxy groups -OCH3 is 1. The molecule has 1 rings (SSSR count). The average Bonchev–Trinajstić information content (AvgIpc) is 2.45. The highest BCUT2D eigenvalue weighted by atomic mass is 32.2. The second-order valence-corrected chi connectivity index (χ2v) is 5.64. The third-order valence-electron chi connectivity index (χ3n) is 2.47. The molecule has 0 unspecified atom stereocenters. The Bertz CT molecular complexity index is 612. The number of aliphatic carboxylic acids is 1. The average molecular weight is 318 g/mol. The smallest absolute Gasteiger partial charge is 0.305 e. The topological polar surface area (TPSA) is 142 Å². The van der Waals surface area contributed by atoms with E-state index in [1.54, 1.807) is 0 Å². The van der Waals surface area contributed by atoms with Crippen molar-refractivity contribution < 1.29 is 33.1 Å². The van der Waals surface area contributed by atoms with E-state index >= 15 is 0 Å². The lowest BCUT2D eigenvalue weighted by Gasteiger charge is -2.15. The second-order valence-electron chi connectivity index (χ2n) is 3.92. The summed E-state index contributed by atoms with van der Waals surface area (Å²) >= 11 is 0. The number of hydroxylamine groups is 1. The molecule has 4 N–H and O–H groups in total. The molecule has 0 radical (unpaired) electrons. The Labute approximate surface area is 120 Å². The maximum absolute atomic E-state index is 12.0. The summed E-state index contributed by atoms with van der Waals surface area (Å²) in [4.78, 5) is 21.7. The molecule has 1 aromatic carbocycles. The highest BCUT2D eigenvalue weighted by Gasteiger charge is 2.27. The van der Waals surface area contributed by atoms with Crippen LogP contribution in [0.3, 0.4) is 0 Å². The molecule has 0 fully saturated rings. The van der Waals surface area contributed by atoms with Gasteiger partial charge in [-0.3, -0.25) is 14.8 Å². The van der Waals surface area contributed by atoms with Crippen LogP contribution in [-0.4, -0.2) is 43.8 Å². The number of carboxylic acids is 1. The van der Waals surface area contributed by atoms with Gasteiger partial charge in [0.2, 0.25) is 10.0 Å². The molecule has 0 spiro atoms. The first-order valence-electron chi connectivity index (χ1n) is 5.62. The van der Waals surface area contributed by atoms with Gasteiger partial charge in [0.25, 0.3) is 5.91 Å². The number of carbonyl (C=O) groups is 2. The van der Waals surface area contributed by atoms with Crippen molar-refractivity contribution in [1.82, 2.24) is 10.2 Å². The lowest BCUT2D eigenvalue weighted by Crippen LogP contribution is -2.46. The van der Waals surface area contributed by atoms with Crippen LogP contribution >= 0.6 is 0 Å². The fraction of sp³-hybridized carbons (Fsp3) is 0.273. The van der Waals surface area contributed by atoms with E-state index in [9.17, 15) is 18.0 Å². The van der Waals surface area contributed by atoms with Gasteiger partial charge >= 0.3 is 5.97 Å². The molecule has 0 aromatic heterocycles. The Morgan fingerprint density at radius 3 is 2.29 bits per heavy atom. The molecule has 0 aliphatic rings. The van der Waals surface area contributed by atoms with Crippen LogP contribution in [0.5, 0.6) is 5.75 Å². The van der Waals surface area contributed by atoms with E-state index in [2.05, 4.69) is 0 Å². The lowest BCUT2D eigenvalue weighted by atomic mass is 10.2. The van der Waals surface area contributed by atoms with Gasteiger partial charge in [0.1, 0.15) is 11.8 Å². The molecule has 0 aliphatic heterocycles. The Morgan fingerprint density at radius 2 is 1.86 bits per heavy atom. The Morgan fingerprint density at radius 1 is 1.29 bits per heavy atom. The molecule has 0 saturated heterocycles. The summed E-state index contributed by atoms with van der Waals surface area (Å²) in [6.07, 6.45) is -0.818. The van der Waals surface area contributed by atoms with E-state index in [1.807, 2.05) is 4.72 Å². The molecule has 0 aliphatic carbocycles. The van der Waals surface area contributed by atoms with E-state index in [1.165, 1.54) is 36.9 Å². The van der Waals surface area contributed by atoms with Crippen molar-refractivity contribution in [3.8, 4) is 5.75 Å². The molecule has 9 nitrogen and oxygen atoms in total. The molecule has 0 bridgehead atoms. The van der Waals surface area contributed by atoms with Crippen molar-refractivity contribution in [2.75, 3.05) is 7.11 Å². The van der Waals surface area contributed by atoms with Gasteiger partial charge in [-0.05, 0) is 24.3 Å². The summed E-state index contributed by atoms with van der Waals surface area (Å²) in [5, 5.41) is 17.2. The quantitative estimate of drug-likeness (QED) is 0.385. The third-order valence-corrected chi connectivity index (χ3v) is 3.96. The minimum atomic E-state index is -4.13. The van der Waals surface area contributed by atoms with Crippen molar-refractivity contribution >= 4 is 21.9 Å². The number of nitrogens with one attached hydrogen (secondary N) is 2. The minimum Gasteiger partial charge on any atom is -0.497 e. The lowest BCUT2D eigenvalue weighted by molar-refractivity contribution is -0.141. The fourth-order valence-corrected chi connectivity index (χ4v) is 2.65. The zero-order valence-electron chi connectivity index (χ0n) is 10.9. The predicted molar refractivity (Wildman–Crippen MR) is 69.3 cm³/mol. The number of benzene rings is 1. The van der Waals surface area contributed by atoms with E-state index in [0.29, 0.717) is 5.75 Å². The number of amides is 1. The molecule has 1 aromatic rings. The number of ether oxygens (including phenoxy) is 1. The number of hydrogen-bond acceptors (Lipinski definition) is 6. The van der Waals surface area contributed by atoms with Crippen molar-refractivity contribution in [2.45, 2.75) is 17.4 Å². The van der Waals surface area contributed by atoms with E-state index < -0.39 is 34.4 Å². The molecule has 1 atom stereocenters. The van der Waals surface area contributed by atoms with Crippen molar-refractivity contribution in [3.63, 3.8) is 0 Å². The minimum absolute atomic E-state index is 0.176. The van der Waals surface area contributed by atoms with Gasteiger partial charge in [-0.2, -0.15) is 4.72 Å². The van der Waals surface area contributed by atoms with Crippen LogP contribution in [0.15, 0.2) is 29.2 Å². The van der Waals surface area contributed by atoms with E-state index in [0.717, 1.165) is 0 Å². The van der Waals surface area contributed by atoms with Crippen LogP contribution < -0.4 is 14.9 Å². The van der Waals surface area contributed by atoms with Gasteiger partial charge in [-0.1, -0.05) is 0 Å². The monoisotopic (exact) mass is 318 g/mol. The zero-order chi connectivity index (χ0) is 16.0. The number of hydrogen-bond donors (Lipinski definition) is 4. The Kier molecular flexibility index (Phi) is 5.64. The second kappa shape index (κ2) is 7.02. The largest absolute Gasteiger partial charge is 0.497 e. The highest BCUT2D eigenvalue weighted by molar-refractivity contribution is 7.89. The number of carbonyl (C=O) groups excluding carboxylic acids is 1. The van der Waals surface area contributed by atoms with Crippen LogP contribution in [0, 0.1) is 0 Å². The van der Waals surface area contributed by atoms with Gasteiger partial charge in [-0.25, -0.2) is 13.9 Å². The highest BCUT2D eigenvalue weighted by Crippen LogP contribution is 2.16. The first-order chi connectivity index (χ1) is 9.80. The summed E-state index contributed by atoms with van der Waals surface area (Å²) < 4.78 is 30.9. The zero-order valence-corrected chi connectivity index (χ0v) is 11.8. The summed E-state index contributed by atoms with van der Waals surface area (Å²) in [5.41, 5.74) is 1.21. The fourth-order valence-electron chi connectivity index (χ4n) is 1.45. The van der Waals surface area contributed by atoms with E-state index in [4.69, 9.17) is 15.1 Å². The van der Waals surface area contributed by atoms with Gasteiger partial charge in [-0.15, -0.1) is 0 Å². The molecular weight excluding hydrogens is 304 g/mol. The Hall–Kier alpha value is -2.17. The van der Waals surface area contributed by atoms with Crippen LogP contribution in [0.2, 0.25) is 0 Å². The maximum Gasteiger partial charge on any atom is 0.305 e. The van der Waals surface area contributed by atoms with Gasteiger partial charge < -0.3 is 9.84 Å². The van der Waals surface area contributed by atoms with Gasteiger partial charge in [0.05, 0.1) is 18.4 Å². The van der Waals surface area contributed by atoms with Crippen molar-refractivity contribution in [2.24, 2.45) is 0 Å². The molecule has 1 amide bonds. The predicted octanol–water partition coefficient (Wildman–Crippen LogP) is -0.678. The first-order valence-corrected chi connectivity index (χ1v) is 7.10. The summed E-state index contributed by atoms with van der Waals surface area (Å²) in [7, 11) is -2.71. The number of rotatable bonds is 7. The molecule has 116 valence electrons. The molecule has 21 heavy (non-hydrogen) atoms. The summed E-state index contributed by atoms with van der Waals surface area (Å²) in [6.45, 7) is 0. The van der Waals surface area contributed by atoms with Crippen LogP contribution in [-0.2, 0) is 19.6 Å². The van der Waals surface area contributed by atoms with Crippen molar-refractivity contribution in [3.05, 3.63) is 24.3 Å². The molecular formula is C11H14N2O7S. The standard InChI is InChI=1S/C11H14N2O7S/c1-20-7-2-4-8(5-3-7)21(18,19)13-9(6-10(14)15)11(16)12-17/h2-5,9,13,17H,6H2,1H3,(H,12,16)(H,14,15)/t9-/m0/s1. The molecule has 10 heteroatoms. The van der Waals surface area contributed by atoms with Crippen molar-refractivity contribution in [1.29, 1.82) is 0 Å². The number of sulfonamides is 1. The normalized spacial score (nSPS) is 12.5. The summed E-state index contributed by atoms with van der Waals surface area (Å²) in [6, 6.07) is 3.62. The maximum atomic E-state index is 12.0. The van der Waals surface area contributed by atoms with Gasteiger partial charge in [0.15, 0.2) is 0 Å². The SMILES string of the molecule is COc1ccc(S(=O)(=O)N[C@@H](CC(=O)O)C(=O)NO)cc1. The van der Waals surface area contributed by atoms with Crippen LogP contribution in [0.4, 0.5) is 0 Å². The summed E-state index contributed by atoms with van der Waals surface area (Å²) in [5.74, 6) is -2.14. The Balaban J connectivity index is 2.98. The molecule has 0 heterocycles. The third kappa shape index (κ3) is 4.70. The van der Waals surface area contributed by atoms with Crippen LogP contribution in [0.25, 0.3) is 0 Å². The van der Waals surface area contributed by atoms with Crippen LogP contribution in [0.1, 0.15) is 6.42 Å². The van der Waals surface area contributed by atoms with E-state index in [-0.39, 0.29) is 4.90 Å².